The molecular weight excluding hydrogens is 316 g/mol. The number of hydrogen-bond donors (Lipinski definition) is 1. The van der Waals surface area contributed by atoms with E-state index in [9.17, 15) is 4.79 Å². The summed E-state index contributed by atoms with van der Waals surface area (Å²) in [7, 11) is 0. The molecule has 5 heteroatoms. The van der Waals surface area contributed by atoms with Gasteiger partial charge in [0.1, 0.15) is 5.82 Å². The van der Waals surface area contributed by atoms with Gasteiger partial charge in [-0.3, -0.25) is 4.79 Å². The second kappa shape index (κ2) is 5.24. The molecule has 1 aromatic carbocycles. The zero-order valence-corrected chi connectivity index (χ0v) is 12.3. The van der Waals surface area contributed by atoms with Gasteiger partial charge in [0.05, 0.1) is 5.69 Å². The van der Waals surface area contributed by atoms with E-state index in [0.29, 0.717) is 10.8 Å². The molecule has 1 aromatic heterocycles. The number of rotatable bonds is 2. The number of nitrogens with one attached hydrogen (secondary N) is 1. The van der Waals surface area contributed by atoms with E-state index >= 15 is 0 Å². The number of H-pyrrole nitrogens is 1. The topological polar surface area (TPSA) is 45.8 Å². The second-order valence-electron chi connectivity index (χ2n) is 4.30. The average Bonchev–Trinajstić information content (AvgIpc) is 2.31. The van der Waals surface area contributed by atoms with E-state index in [1.165, 1.54) is 6.07 Å². The lowest BCUT2D eigenvalue weighted by Gasteiger charge is -2.08. The number of aromatic amines is 1. The van der Waals surface area contributed by atoms with E-state index in [1.807, 2.05) is 19.9 Å². The van der Waals surface area contributed by atoms with Crippen molar-refractivity contribution in [2.24, 2.45) is 0 Å². The van der Waals surface area contributed by atoms with Gasteiger partial charge in [0.15, 0.2) is 0 Å². The van der Waals surface area contributed by atoms with Gasteiger partial charge in [-0.2, -0.15) is 0 Å². The molecule has 0 amide bonds. The van der Waals surface area contributed by atoms with Crippen molar-refractivity contribution in [2.45, 2.75) is 19.8 Å². The normalized spacial score (nSPS) is 10.9. The van der Waals surface area contributed by atoms with Crippen LogP contribution in [0.2, 0.25) is 5.02 Å². The van der Waals surface area contributed by atoms with Gasteiger partial charge >= 0.3 is 0 Å². The number of halogens is 2. The smallest absolute Gasteiger partial charge is 0.251 e. The molecule has 0 unspecified atom stereocenters. The molecule has 0 bridgehead atoms. The van der Waals surface area contributed by atoms with Crippen molar-refractivity contribution in [1.82, 2.24) is 9.97 Å². The third-order valence-corrected chi connectivity index (χ3v) is 3.46. The molecule has 2 rings (SSSR count). The molecule has 0 fully saturated rings. The fourth-order valence-electron chi connectivity index (χ4n) is 1.58. The first-order valence-electron chi connectivity index (χ1n) is 5.54. The van der Waals surface area contributed by atoms with E-state index in [1.54, 1.807) is 12.1 Å². The Labute approximate surface area is 118 Å². The highest BCUT2D eigenvalue weighted by Crippen LogP contribution is 2.28. The fraction of sp³-hybridized carbons (Fsp3) is 0.231. The molecule has 0 aliphatic carbocycles. The predicted molar refractivity (Wildman–Crippen MR) is 77.1 cm³/mol. The Balaban J connectivity index is 2.63. The SMILES string of the molecule is CC(C)c1cc(=O)[nH]c(-c2cc(Cl)ccc2Br)n1. The Morgan fingerprint density at radius 1 is 1.33 bits per heavy atom. The third-order valence-electron chi connectivity index (χ3n) is 2.54. The Hall–Kier alpha value is -1.13. The summed E-state index contributed by atoms with van der Waals surface area (Å²) in [6.45, 7) is 4.00. The van der Waals surface area contributed by atoms with Crippen molar-refractivity contribution >= 4 is 27.5 Å². The summed E-state index contributed by atoms with van der Waals surface area (Å²) in [5, 5.41) is 0.603. The maximum Gasteiger partial charge on any atom is 0.251 e. The molecule has 0 saturated heterocycles. The maximum atomic E-state index is 11.6. The number of aromatic nitrogens is 2. The van der Waals surface area contributed by atoms with Crippen LogP contribution in [0.3, 0.4) is 0 Å². The Bertz CT molecular complexity index is 637. The zero-order valence-electron chi connectivity index (χ0n) is 10.00. The average molecular weight is 328 g/mol. The van der Waals surface area contributed by atoms with Gasteiger partial charge in [-0.25, -0.2) is 4.98 Å². The minimum Gasteiger partial charge on any atom is -0.306 e. The van der Waals surface area contributed by atoms with E-state index in [2.05, 4.69) is 25.9 Å². The van der Waals surface area contributed by atoms with Gasteiger partial charge in [-0.15, -0.1) is 0 Å². The van der Waals surface area contributed by atoms with Gasteiger partial charge in [-0.1, -0.05) is 41.4 Å². The van der Waals surface area contributed by atoms with Crippen LogP contribution in [0.4, 0.5) is 0 Å². The Kier molecular flexibility index (Phi) is 3.88. The van der Waals surface area contributed by atoms with Crippen molar-refractivity contribution < 1.29 is 0 Å². The standard InChI is InChI=1S/C13H12BrClN2O/c1-7(2)11-6-12(18)17-13(16-11)9-5-8(15)3-4-10(9)14/h3-7H,1-2H3,(H,16,17,18). The quantitative estimate of drug-likeness (QED) is 0.907. The highest BCUT2D eigenvalue weighted by Gasteiger charge is 2.10. The predicted octanol–water partition coefficient (Wildman–Crippen LogP) is 3.98. The largest absolute Gasteiger partial charge is 0.306 e. The molecule has 1 heterocycles. The molecule has 0 saturated carbocycles. The molecule has 94 valence electrons. The van der Waals surface area contributed by atoms with E-state index in [-0.39, 0.29) is 11.5 Å². The van der Waals surface area contributed by atoms with Crippen LogP contribution >= 0.6 is 27.5 Å². The molecule has 2 aromatic rings. The van der Waals surface area contributed by atoms with Crippen molar-refractivity contribution in [3.05, 3.63) is 49.8 Å². The molecule has 0 radical (unpaired) electrons. The summed E-state index contributed by atoms with van der Waals surface area (Å²) in [4.78, 5) is 18.8. The summed E-state index contributed by atoms with van der Waals surface area (Å²) in [6.07, 6.45) is 0. The summed E-state index contributed by atoms with van der Waals surface area (Å²) in [5.41, 5.74) is 1.39. The molecule has 18 heavy (non-hydrogen) atoms. The number of hydrogen-bond acceptors (Lipinski definition) is 2. The van der Waals surface area contributed by atoms with Crippen LogP contribution in [0.15, 0.2) is 33.5 Å². The highest BCUT2D eigenvalue weighted by atomic mass is 79.9. The van der Waals surface area contributed by atoms with Gasteiger partial charge in [-0.05, 0) is 24.1 Å². The summed E-state index contributed by atoms with van der Waals surface area (Å²) < 4.78 is 0.843. The Morgan fingerprint density at radius 2 is 2.06 bits per heavy atom. The number of nitrogens with zero attached hydrogens (tertiary/aromatic N) is 1. The molecule has 0 aliphatic heterocycles. The van der Waals surface area contributed by atoms with Crippen molar-refractivity contribution in [3.63, 3.8) is 0 Å². The molecule has 0 atom stereocenters. The van der Waals surface area contributed by atoms with E-state index < -0.39 is 0 Å². The van der Waals surface area contributed by atoms with Crippen LogP contribution in [0.25, 0.3) is 11.4 Å². The Morgan fingerprint density at radius 3 is 2.72 bits per heavy atom. The van der Waals surface area contributed by atoms with Crippen molar-refractivity contribution in [3.8, 4) is 11.4 Å². The monoisotopic (exact) mass is 326 g/mol. The lowest BCUT2D eigenvalue weighted by molar-refractivity contribution is 0.812. The third kappa shape index (κ3) is 2.82. The zero-order chi connectivity index (χ0) is 13.3. The van der Waals surface area contributed by atoms with Gasteiger partial charge in [0.25, 0.3) is 5.56 Å². The maximum absolute atomic E-state index is 11.6. The van der Waals surface area contributed by atoms with Crippen LogP contribution in [0.5, 0.6) is 0 Å². The molecular formula is C13H12BrClN2O. The molecule has 0 spiro atoms. The van der Waals surface area contributed by atoms with Gasteiger partial charge in [0, 0.05) is 21.1 Å². The van der Waals surface area contributed by atoms with E-state index in [4.69, 9.17) is 11.6 Å². The fourth-order valence-corrected chi connectivity index (χ4v) is 2.19. The van der Waals surface area contributed by atoms with Crippen LogP contribution in [0.1, 0.15) is 25.5 Å². The minimum absolute atomic E-state index is 0.157. The highest BCUT2D eigenvalue weighted by molar-refractivity contribution is 9.10. The molecule has 0 aliphatic rings. The molecule has 1 N–H and O–H groups in total. The molecule has 3 nitrogen and oxygen atoms in total. The first-order chi connectivity index (χ1) is 8.47. The van der Waals surface area contributed by atoms with Crippen LogP contribution in [-0.2, 0) is 0 Å². The van der Waals surface area contributed by atoms with Crippen LogP contribution in [-0.4, -0.2) is 9.97 Å². The van der Waals surface area contributed by atoms with Crippen molar-refractivity contribution in [1.29, 1.82) is 0 Å². The lowest BCUT2D eigenvalue weighted by atomic mass is 10.1. The first kappa shape index (κ1) is 13.3. The minimum atomic E-state index is -0.157. The van der Waals surface area contributed by atoms with E-state index in [0.717, 1.165) is 15.7 Å². The first-order valence-corrected chi connectivity index (χ1v) is 6.71. The van der Waals surface area contributed by atoms with Crippen molar-refractivity contribution in [2.75, 3.05) is 0 Å². The van der Waals surface area contributed by atoms with Crippen LogP contribution in [0, 0.1) is 0 Å². The number of benzene rings is 1. The summed E-state index contributed by atoms with van der Waals surface area (Å²) >= 11 is 9.40. The lowest BCUT2D eigenvalue weighted by Crippen LogP contribution is -2.11. The second-order valence-corrected chi connectivity index (χ2v) is 5.59. The summed E-state index contributed by atoms with van der Waals surface area (Å²) in [6, 6.07) is 6.90. The van der Waals surface area contributed by atoms with Gasteiger partial charge < -0.3 is 4.98 Å². The van der Waals surface area contributed by atoms with Gasteiger partial charge in [0.2, 0.25) is 0 Å². The van der Waals surface area contributed by atoms with Crippen LogP contribution < -0.4 is 5.56 Å². The summed E-state index contributed by atoms with van der Waals surface area (Å²) in [5.74, 6) is 0.726.